The minimum Gasteiger partial charge on any atom is -0.466 e. The third kappa shape index (κ3) is 4.56. The minimum atomic E-state index is -0.497. The fraction of sp³-hybridized carbons (Fsp3) is 0.429. The zero-order valence-electron chi connectivity index (χ0n) is 6.22. The Morgan fingerprint density at radius 3 is 2.36 bits per heavy atom. The first-order valence-electron chi connectivity index (χ1n) is 3.02. The molecule has 0 aromatic carbocycles. The van der Waals surface area contributed by atoms with Gasteiger partial charge in [-0.15, -0.1) is 0 Å². The van der Waals surface area contributed by atoms with Crippen molar-refractivity contribution in [2.75, 3.05) is 7.11 Å². The third-order valence-electron chi connectivity index (χ3n) is 1.10. The average Bonchev–Trinajstić information content (AvgIpc) is 1.98. The van der Waals surface area contributed by atoms with Crippen molar-refractivity contribution in [3.8, 4) is 0 Å². The van der Waals surface area contributed by atoms with E-state index < -0.39 is 11.2 Å². The molecule has 0 aliphatic heterocycles. The molecule has 62 valence electrons. The number of methoxy groups -OCH3 is 1. The molecule has 0 aliphatic carbocycles. The Morgan fingerprint density at radius 2 is 2.00 bits per heavy atom. The Morgan fingerprint density at radius 1 is 1.45 bits per heavy atom. The summed E-state index contributed by atoms with van der Waals surface area (Å²) in [7, 11) is 1.26. The molecule has 0 amide bonds. The molecule has 0 aromatic rings. The van der Waals surface area contributed by atoms with Gasteiger partial charge in [0.2, 0.25) is 5.24 Å². The number of hydrogen-bond donors (Lipinski definition) is 0. The SMILES string of the molecule is C=C(CCC(=O)Cl)C(=O)OC. The van der Waals surface area contributed by atoms with Gasteiger partial charge in [-0.2, -0.15) is 0 Å². The molecule has 4 heteroatoms. The lowest BCUT2D eigenvalue weighted by atomic mass is 10.2. The van der Waals surface area contributed by atoms with Crippen LogP contribution < -0.4 is 0 Å². The van der Waals surface area contributed by atoms with Crippen molar-refractivity contribution in [2.45, 2.75) is 12.8 Å². The molecule has 0 bridgehead atoms. The van der Waals surface area contributed by atoms with Crippen LogP contribution in [-0.2, 0) is 14.3 Å². The number of carbonyl (C=O) groups is 2. The maximum absolute atomic E-state index is 10.6. The van der Waals surface area contributed by atoms with Crippen molar-refractivity contribution in [1.82, 2.24) is 0 Å². The highest BCUT2D eigenvalue weighted by Gasteiger charge is 2.07. The van der Waals surface area contributed by atoms with E-state index in [4.69, 9.17) is 11.6 Å². The number of halogens is 1. The van der Waals surface area contributed by atoms with E-state index in [-0.39, 0.29) is 18.4 Å². The summed E-state index contributed by atoms with van der Waals surface area (Å²) in [6, 6.07) is 0. The van der Waals surface area contributed by atoms with Gasteiger partial charge in [-0.1, -0.05) is 6.58 Å². The van der Waals surface area contributed by atoms with Gasteiger partial charge in [-0.05, 0) is 18.0 Å². The molecule has 3 nitrogen and oxygen atoms in total. The van der Waals surface area contributed by atoms with E-state index in [0.29, 0.717) is 0 Å². The van der Waals surface area contributed by atoms with E-state index in [1.165, 1.54) is 7.11 Å². The van der Waals surface area contributed by atoms with Gasteiger partial charge < -0.3 is 4.74 Å². The van der Waals surface area contributed by atoms with Gasteiger partial charge in [0.1, 0.15) is 0 Å². The highest BCUT2D eigenvalue weighted by atomic mass is 35.5. The van der Waals surface area contributed by atoms with E-state index in [1.54, 1.807) is 0 Å². The fourth-order valence-corrected chi connectivity index (χ4v) is 0.590. The van der Waals surface area contributed by atoms with Gasteiger partial charge in [0, 0.05) is 12.0 Å². The van der Waals surface area contributed by atoms with E-state index in [0.717, 1.165) is 0 Å². The Balaban J connectivity index is 3.70. The topological polar surface area (TPSA) is 43.4 Å². The van der Waals surface area contributed by atoms with Crippen LogP contribution in [0.5, 0.6) is 0 Å². The van der Waals surface area contributed by atoms with Gasteiger partial charge in [0.05, 0.1) is 7.11 Å². The molecule has 0 rings (SSSR count). The molecular weight excluding hydrogens is 168 g/mol. The minimum absolute atomic E-state index is 0.121. The highest BCUT2D eigenvalue weighted by Crippen LogP contribution is 2.05. The normalized spacial score (nSPS) is 8.91. The summed E-state index contributed by atoms with van der Waals surface area (Å²) in [6.45, 7) is 3.41. The summed E-state index contributed by atoms with van der Waals surface area (Å²) in [5.41, 5.74) is 0.265. The standard InChI is InChI=1S/C7H9ClO3/c1-5(7(10)11-2)3-4-6(8)9/h1,3-4H2,2H3. The van der Waals surface area contributed by atoms with E-state index in [2.05, 4.69) is 11.3 Å². The molecule has 0 heterocycles. The van der Waals surface area contributed by atoms with Gasteiger partial charge in [-0.25, -0.2) is 4.79 Å². The van der Waals surface area contributed by atoms with Crippen molar-refractivity contribution in [1.29, 1.82) is 0 Å². The summed E-state index contributed by atoms with van der Waals surface area (Å²) < 4.78 is 4.35. The third-order valence-corrected chi connectivity index (χ3v) is 1.29. The number of carbonyl (C=O) groups excluding carboxylic acids is 2. The van der Waals surface area contributed by atoms with Crippen molar-refractivity contribution in [3.63, 3.8) is 0 Å². The quantitative estimate of drug-likeness (QED) is 0.368. The van der Waals surface area contributed by atoms with Gasteiger partial charge in [0.15, 0.2) is 0 Å². The van der Waals surface area contributed by atoms with Crippen molar-refractivity contribution in [2.24, 2.45) is 0 Å². The lowest BCUT2D eigenvalue weighted by Gasteiger charge is -1.99. The monoisotopic (exact) mass is 176 g/mol. The smallest absolute Gasteiger partial charge is 0.333 e. The predicted octanol–water partition coefficient (Wildman–Crippen LogP) is 1.26. The zero-order valence-corrected chi connectivity index (χ0v) is 6.98. The molecule has 0 radical (unpaired) electrons. The Labute approximate surface area is 70.0 Å². The molecule has 0 spiro atoms. The van der Waals surface area contributed by atoms with Gasteiger partial charge in [0.25, 0.3) is 0 Å². The lowest BCUT2D eigenvalue weighted by molar-refractivity contribution is -0.136. The molecule has 0 fully saturated rings. The van der Waals surface area contributed by atoms with Crippen LogP contribution in [0.2, 0.25) is 0 Å². The summed E-state index contributed by atoms with van der Waals surface area (Å²) in [5, 5.41) is -0.477. The van der Waals surface area contributed by atoms with Crippen LogP contribution in [0, 0.1) is 0 Å². The summed E-state index contributed by atoms with van der Waals surface area (Å²) >= 11 is 5.04. The second kappa shape index (κ2) is 4.91. The van der Waals surface area contributed by atoms with Gasteiger partial charge in [-0.3, -0.25) is 4.79 Å². The average molecular weight is 177 g/mol. The van der Waals surface area contributed by atoms with Crippen LogP contribution in [-0.4, -0.2) is 18.3 Å². The van der Waals surface area contributed by atoms with Crippen LogP contribution >= 0.6 is 11.6 Å². The first-order chi connectivity index (χ1) is 5.07. The lowest BCUT2D eigenvalue weighted by Crippen LogP contribution is -2.04. The Bertz CT molecular complexity index is 186. The Kier molecular flexibility index (Phi) is 4.54. The molecule has 0 N–H and O–H groups in total. The summed E-state index contributed by atoms with van der Waals surface area (Å²) in [4.78, 5) is 20.9. The van der Waals surface area contributed by atoms with E-state index in [9.17, 15) is 9.59 Å². The molecule has 11 heavy (non-hydrogen) atoms. The second-order valence-electron chi connectivity index (χ2n) is 1.95. The van der Waals surface area contributed by atoms with Crippen LogP contribution in [0.3, 0.4) is 0 Å². The van der Waals surface area contributed by atoms with Gasteiger partial charge >= 0.3 is 5.97 Å². The summed E-state index contributed by atoms with van der Waals surface area (Å²) in [5.74, 6) is -0.497. The summed E-state index contributed by atoms with van der Waals surface area (Å²) in [6.07, 6.45) is 0.379. The fourth-order valence-electron chi connectivity index (χ4n) is 0.496. The van der Waals surface area contributed by atoms with Crippen molar-refractivity contribution in [3.05, 3.63) is 12.2 Å². The molecule has 0 aliphatic rings. The van der Waals surface area contributed by atoms with Crippen LogP contribution in [0.15, 0.2) is 12.2 Å². The number of rotatable bonds is 4. The molecule has 0 unspecified atom stereocenters. The van der Waals surface area contributed by atoms with Crippen LogP contribution in [0.4, 0.5) is 0 Å². The molecule has 0 aromatic heterocycles. The Hall–Kier alpha value is -0.830. The molecule has 0 saturated heterocycles. The number of esters is 1. The van der Waals surface area contributed by atoms with Crippen molar-refractivity contribution >= 4 is 22.8 Å². The van der Waals surface area contributed by atoms with Crippen LogP contribution in [0.1, 0.15) is 12.8 Å². The second-order valence-corrected chi connectivity index (χ2v) is 2.37. The molecular formula is C7H9ClO3. The zero-order chi connectivity index (χ0) is 8.85. The number of hydrogen-bond acceptors (Lipinski definition) is 3. The highest BCUT2D eigenvalue weighted by molar-refractivity contribution is 6.63. The molecule has 0 atom stereocenters. The molecule has 0 saturated carbocycles. The predicted molar refractivity (Wildman–Crippen MR) is 41.3 cm³/mol. The largest absolute Gasteiger partial charge is 0.466 e. The first kappa shape index (κ1) is 10.2. The van der Waals surface area contributed by atoms with E-state index in [1.807, 2.05) is 0 Å². The first-order valence-corrected chi connectivity index (χ1v) is 3.40. The maximum Gasteiger partial charge on any atom is 0.333 e. The maximum atomic E-state index is 10.6. The van der Waals surface area contributed by atoms with Crippen molar-refractivity contribution < 1.29 is 14.3 Å². The van der Waals surface area contributed by atoms with E-state index >= 15 is 0 Å². The number of ether oxygens (including phenoxy) is 1. The van der Waals surface area contributed by atoms with Crippen LogP contribution in [0.25, 0.3) is 0 Å².